The second-order valence-electron chi connectivity index (χ2n) is 8.36. The fraction of sp³-hybridized carbons (Fsp3) is 0.409. The van der Waals surface area contributed by atoms with E-state index in [9.17, 15) is 18.0 Å². The van der Waals surface area contributed by atoms with Gasteiger partial charge in [-0.1, -0.05) is 48.0 Å². The van der Waals surface area contributed by atoms with Crippen LogP contribution in [0.2, 0.25) is 5.02 Å². The number of nitrogens with one attached hydrogen (secondary N) is 1. The van der Waals surface area contributed by atoms with Gasteiger partial charge in [0.15, 0.2) is 0 Å². The number of urea groups is 1. The van der Waals surface area contributed by atoms with Crippen LogP contribution in [0.15, 0.2) is 48.5 Å². The van der Waals surface area contributed by atoms with Crippen LogP contribution in [-0.4, -0.2) is 35.7 Å². The summed E-state index contributed by atoms with van der Waals surface area (Å²) in [5.74, 6) is 0. The van der Waals surface area contributed by atoms with Crippen LogP contribution in [0.25, 0.3) is 0 Å². The van der Waals surface area contributed by atoms with Crippen molar-refractivity contribution in [1.29, 1.82) is 0 Å². The maximum Gasteiger partial charge on any atom is 0.416 e. The third-order valence-corrected chi connectivity index (χ3v) is 4.89. The lowest BCUT2D eigenvalue weighted by Gasteiger charge is -2.42. The number of hydrogen-bond acceptors (Lipinski definition) is 2. The van der Waals surface area contributed by atoms with E-state index < -0.39 is 17.8 Å². The van der Waals surface area contributed by atoms with Crippen LogP contribution in [0, 0.1) is 0 Å². The van der Waals surface area contributed by atoms with Crippen LogP contribution in [0.3, 0.4) is 0 Å². The standard InChI is InChI=1S/C22H24ClF3N2O2/c1-21(2,3)27-20(29)28-12-16(13-28)30-19(14-7-5-4-6-8-14)17-10-9-15(23)11-18(17)22(24,25)26/h4-11,16,19H,12-13H2,1-3H3,(H,27,29). The van der Waals surface area contributed by atoms with Crippen molar-refractivity contribution >= 4 is 17.6 Å². The van der Waals surface area contributed by atoms with Crippen LogP contribution in [0.1, 0.15) is 43.6 Å². The number of carbonyl (C=O) groups is 1. The van der Waals surface area contributed by atoms with Gasteiger partial charge in [-0.25, -0.2) is 4.79 Å². The molecule has 1 N–H and O–H groups in total. The second-order valence-corrected chi connectivity index (χ2v) is 8.80. The van der Waals surface area contributed by atoms with Crippen molar-refractivity contribution in [3.8, 4) is 0 Å². The van der Waals surface area contributed by atoms with Gasteiger partial charge in [0, 0.05) is 10.6 Å². The van der Waals surface area contributed by atoms with Gasteiger partial charge >= 0.3 is 12.2 Å². The summed E-state index contributed by atoms with van der Waals surface area (Å²) in [5, 5.41) is 2.87. The first kappa shape index (κ1) is 22.4. The van der Waals surface area contributed by atoms with Gasteiger partial charge in [0.1, 0.15) is 6.10 Å². The van der Waals surface area contributed by atoms with Gasteiger partial charge in [-0.3, -0.25) is 0 Å². The number of ether oxygens (including phenoxy) is 1. The molecule has 0 bridgehead atoms. The molecule has 1 atom stereocenters. The summed E-state index contributed by atoms with van der Waals surface area (Å²) in [7, 11) is 0. The van der Waals surface area contributed by atoms with Crippen molar-refractivity contribution in [3.63, 3.8) is 0 Å². The van der Waals surface area contributed by atoms with E-state index in [4.69, 9.17) is 16.3 Å². The maximum atomic E-state index is 13.7. The highest BCUT2D eigenvalue weighted by Gasteiger charge is 2.39. The first-order chi connectivity index (χ1) is 13.9. The predicted octanol–water partition coefficient (Wildman–Crippen LogP) is 5.66. The zero-order valence-corrected chi connectivity index (χ0v) is 17.7. The van der Waals surface area contributed by atoms with E-state index in [1.807, 2.05) is 20.8 Å². The summed E-state index contributed by atoms with van der Waals surface area (Å²) in [5.41, 5.74) is -0.607. The number of hydrogen-bond donors (Lipinski definition) is 1. The molecule has 2 aromatic carbocycles. The lowest BCUT2D eigenvalue weighted by molar-refractivity contribution is -0.140. The molecule has 1 unspecified atom stereocenters. The average molecular weight is 441 g/mol. The van der Waals surface area contributed by atoms with Crippen molar-refractivity contribution in [2.45, 2.75) is 44.7 Å². The Kier molecular flexibility index (Phi) is 6.34. The fourth-order valence-electron chi connectivity index (χ4n) is 3.24. The summed E-state index contributed by atoms with van der Waals surface area (Å²) in [6.45, 7) is 6.25. The second kappa shape index (κ2) is 8.47. The minimum atomic E-state index is -4.57. The molecule has 0 radical (unpaired) electrons. The monoisotopic (exact) mass is 440 g/mol. The van der Waals surface area contributed by atoms with Gasteiger partial charge < -0.3 is 15.0 Å². The first-order valence-corrected chi connectivity index (χ1v) is 9.96. The van der Waals surface area contributed by atoms with E-state index in [0.717, 1.165) is 6.07 Å². The SMILES string of the molecule is CC(C)(C)NC(=O)N1CC(OC(c2ccccc2)c2ccc(Cl)cc2C(F)(F)F)C1. The zero-order chi connectivity index (χ0) is 22.1. The molecule has 1 heterocycles. The van der Waals surface area contributed by atoms with Gasteiger partial charge in [-0.2, -0.15) is 13.2 Å². The van der Waals surface area contributed by atoms with E-state index in [0.29, 0.717) is 18.7 Å². The van der Waals surface area contributed by atoms with Crippen molar-refractivity contribution < 1.29 is 22.7 Å². The topological polar surface area (TPSA) is 41.6 Å². The molecular formula is C22H24ClF3N2O2. The van der Waals surface area contributed by atoms with E-state index in [2.05, 4.69) is 5.32 Å². The molecule has 2 aromatic rings. The normalized spacial score (nSPS) is 16.2. The van der Waals surface area contributed by atoms with Crippen molar-refractivity contribution in [1.82, 2.24) is 10.2 Å². The van der Waals surface area contributed by atoms with E-state index in [-0.39, 0.29) is 28.3 Å². The van der Waals surface area contributed by atoms with Crippen molar-refractivity contribution in [3.05, 3.63) is 70.2 Å². The van der Waals surface area contributed by atoms with Gasteiger partial charge in [0.2, 0.25) is 0 Å². The highest BCUT2D eigenvalue weighted by Crippen LogP contribution is 2.40. The Balaban J connectivity index is 1.83. The average Bonchev–Trinajstić information content (AvgIpc) is 2.59. The maximum absolute atomic E-state index is 13.7. The van der Waals surface area contributed by atoms with Crippen LogP contribution in [0.4, 0.5) is 18.0 Å². The zero-order valence-electron chi connectivity index (χ0n) is 17.0. The Hall–Kier alpha value is -2.25. The quantitative estimate of drug-likeness (QED) is 0.666. The van der Waals surface area contributed by atoms with Gasteiger partial charge in [-0.05, 0) is 44.0 Å². The van der Waals surface area contributed by atoms with Crippen LogP contribution in [0.5, 0.6) is 0 Å². The molecule has 1 aliphatic heterocycles. The summed E-state index contributed by atoms with van der Waals surface area (Å²) in [6, 6.07) is 12.2. The highest BCUT2D eigenvalue weighted by molar-refractivity contribution is 6.30. The summed E-state index contributed by atoms with van der Waals surface area (Å²) >= 11 is 5.83. The highest BCUT2D eigenvalue weighted by atomic mass is 35.5. The third kappa shape index (κ3) is 5.46. The number of rotatable bonds is 4. The Morgan fingerprint density at radius 3 is 2.33 bits per heavy atom. The van der Waals surface area contributed by atoms with Gasteiger partial charge in [-0.15, -0.1) is 0 Å². The molecule has 30 heavy (non-hydrogen) atoms. The van der Waals surface area contributed by atoms with Crippen molar-refractivity contribution in [2.24, 2.45) is 0 Å². The number of benzene rings is 2. The fourth-order valence-corrected chi connectivity index (χ4v) is 3.42. The molecular weight excluding hydrogens is 417 g/mol. The molecule has 1 saturated heterocycles. The molecule has 1 aliphatic rings. The summed E-state index contributed by atoms with van der Waals surface area (Å²) < 4.78 is 47.1. The minimum Gasteiger partial charge on any atom is -0.362 e. The predicted molar refractivity (Wildman–Crippen MR) is 109 cm³/mol. The molecule has 0 aliphatic carbocycles. The lowest BCUT2D eigenvalue weighted by atomic mass is 9.95. The molecule has 0 aromatic heterocycles. The molecule has 4 nitrogen and oxygen atoms in total. The third-order valence-electron chi connectivity index (χ3n) is 4.65. The largest absolute Gasteiger partial charge is 0.416 e. The molecule has 0 saturated carbocycles. The minimum absolute atomic E-state index is 0.00399. The van der Waals surface area contributed by atoms with E-state index >= 15 is 0 Å². The smallest absolute Gasteiger partial charge is 0.362 e. The number of nitrogens with zero attached hydrogens (tertiary/aromatic N) is 1. The summed E-state index contributed by atoms with van der Waals surface area (Å²) in [4.78, 5) is 13.8. The van der Waals surface area contributed by atoms with Crippen LogP contribution >= 0.6 is 11.6 Å². The molecule has 1 fully saturated rings. The van der Waals surface area contributed by atoms with Crippen LogP contribution in [-0.2, 0) is 10.9 Å². The Morgan fingerprint density at radius 1 is 1.13 bits per heavy atom. The number of alkyl halides is 3. The molecule has 162 valence electrons. The molecule has 8 heteroatoms. The number of carbonyl (C=O) groups excluding carboxylic acids is 1. The Morgan fingerprint density at radius 2 is 1.77 bits per heavy atom. The molecule has 3 rings (SSSR count). The van der Waals surface area contributed by atoms with E-state index in [1.165, 1.54) is 12.1 Å². The van der Waals surface area contributed by atoms with Gasteiger partial charge in [0.25, 0.3) is 0 Å². The van der Waals surface area contributed by atoms with Crippen LogP contribution < -0.4 is 5.32 Å². The van der Waals surface area contributed by atoms with E-state index in [1.54, 1.807) is 35.2 Å². The number of halogens is 4. The van der Waals surface area contributed by atoms with Crippen molar-refractivity contribution in [2.75, 3.05) is 13.1 Å². The van der Waals surface area contributed by atoms with Gasteiger partial charge in [0.05, 0.1) is 24.8 Å². The molecule has 0 spiro atoms. The Labute approximate surface area is 179 Å². The first-order valence-electron chi connectivity index (χ1n) is 9.58. The lowest BCUT2D eigenvalue weighted by Crippen LogP contribution is -2.60. The molecule has 2 amide bonds. The number of amides is 2. The Bertz CT molecular complexity index is 891. The summed E-state index contributed by atoms with van der Waals surface area (Å²) in [6.07, 6.45) is -5.88. The number of likely N-dealkylation sites (tertiary alicyclic amines) is 1.